The summed E-state index contributed by atoms with van der Waals surface area (Å²) in [6.45, 7) is 2.26. The van der Waals surface area contributed by atoms with Crippen LogP contribution in [0.4, 0.5) is 0 Å². The predicted molar refractivity (Wildman–Crippen MR) is 132 cm³/mol. The molecule has 4 nitrogen and oxygen atoms in total. The second kappa shape index (κ2) is 18.7. The molecule has 2 N–H and O–H groups in total. The lowest BCUT2D eigenvalue weighted by Gasteiger charge is -2.16. The number of carboxylic acids is 2. The van der Waals surface area contributed by atoms with Crippen LogP contribution in [-0.2, 0) is 28.9 Å². The molecule has 0 amide bonds. The molecule has 1 aromatic carbocycles. The Morgan fingerprint density at radius 2 is 1.00 bits per heavy atom. The van der Waals surface area contributed by atoms with Crippen molar-refractivity contribution in [2.75, 3.05) is 0 Å². The standard InChI is InChI=1S/C28H46O4/c1-2-3-4-5-6-11-17-24-19-16-20-25(18-12-7-9-14-22-27(29)30)26(24)21-13-8-10-15-23-28(31)32/h16,19-20H,2-15,17-18,21-23H2,1H3,(H,29,30)(H,31,32). The Morgan fingerprint density at radius 1 is 0.594 bits per heavy atom. The zero-order valence-electron chi connectivity index (χ0n) is 20.4. The Morgan fingerprint density at radius 3 is 1.47 bits per heavy atom. The van der Waals surface area contributed by atoms with E-state index in [0.717, 1.165) is 70.6 Å². The molecule has 0 fully saturated rings. The molecule has 1 aromatic rings. The molecule has 4 heteroatoms. The summed E-state index contributed by atoms with van der Waals surface area (Å²) in [6.07, 6.45) is 19.7. The summed E-state index contributed by atoms with van der Waals surface area (Å²) < 4.78 is 0. The zero-order chi connectivity index (χ0) is 23.4. The Bertz CT molecular complexity index is 638. The fourth-order valence-electron chi connectivity index (χ4n) is 4.45. The average molecular weight is 447 g/mol. The Balaban J connectivity index is 2.57. The largest absolute Gasteiger partial charge is 0.481 e. The van der Waals surface area contributed by atoms with E-state index < -0.39 is 11.9 Å². The topological polar surface area (TPSA) is 74.6 Å². The molecule has 0 bridgehead atoms. The number of unbranched alkanes of at least 4 members (excludes halogenated alkanes) is 11. The van der Waals surface area contributed by atoms with E-state index in [0.29, 0.717) is 0 Å². The van der Waals surface area contributed by atoms with E-state index in [4.69, 9.17) is 10.2 Å². The summed E-state index contributed by atoms with van der Waals surface area (Å²) in [5.41, 5.74) is 4.51. The summed E-state index contributed by atoms with van der Waals surface area (Å²) in [4.78, 5) is 21.4. The number of hydrogen-bond donors (Lipinski definition) is 2. The smallest absolute Gasteiger partial charge is 0.303 e. The van der Waals surface area contributed by atoms with Crippen molar-refractivity contribution in [3.63, 3.8) is 0 Å². The second-order valence-electron chi connectivity index (χ2n) is 9.19. The van der Waals surface area contributed by atoms with Gasteiger partial charge in [0.1, 0.15) is 0 Å². The number of aryl methyl sites for hydroxylation is 2. The molecule has 0 atom stereocenters. The van der Waals surface area contributed by atoms with Crippen LogP contribution in [0.1, 0.15) is 126 Å². The summed E-state index contributed by atoms with van der Waals surface area (Å²) >= 11 is 0. The first kappa shape index (κ1) is 28.2. The maximum absolute atomic E-state index is 10.7. The summed E-state index contributed by atoms with van der Waals surface area (Å²) in [7, 11) is 0. The molecule has 1 rings (SSSR count). The first-order valence-corrected chi connectivity index (χ1v) is 13.1. The molecule has 0 spiro atoms. The minimum absolute atomic E-state index is 0.279. The van der Waals surface area contributed by atoms with Crippen molar-refractivity contribution >= 4 is 11.9 Å². The highest BCUT2D eigenvalue weighted by molar-refractivity contribution is 5.66. The maximum Gasteiger partial charge on any atom is 0.303 e. The van der Waals surface area contributed by atoms with Crippen LogP contribution in [0.3, 0.4) is 0 Å². The van der Waals surface area contributed by atoms with Crippen molar-refractivity contribution in [3.05, 3.63) is 34.9 Å². The van der Waals surface area contributed by atoms with Gasteiger partial charge in [0.05, 0.1) is 0 Å². The predicted octanol–water partition coefficient (Wildman–Crippen LogP) is 7.74. The van der Waals surface area contributed by atoms with Crippen LogP contribution in [0.25, 0.3) is 0 Å². The quantitative estimate of drug-likeness (QED) is 0.189. The van der Waals surface area contributed by atoms with E-state index in [9.17, 15) is 9.59 Å². The van der Waals surface area contributed by atoms with E-state index in [1.165, 1.54) is 55.2 Å². The molecule has 0 unspecified atom stereocenters. The van der Waals surface area contributed by atoms with E-state index >= 15 is 0 Å². The Kier molecular flexibility index (Phi) is 16.5. The highest BCUT2D eigenvalue weighted by atomic mass is 16.4. The van der Waals surface area contributed by atoms with Gasteiger partial charge in [0.2, 0.25) is 0 Å². The van der Waals surface area contributed by atoms with Gasteiger partial charge in [0, 0.05) is 12.8 Å². The van der Waals surface area contributed by atoms with Crippen molar-refractivity contribution in [1.82, 2.24) is 0 Å². The zero-order valence-corrected chi connectivity index (χ0v) is 20.4. The first-order chi connectivity index (χ1) is 15.5. The van der Waals surface area contributed by atoms with E-state index in [1.807, 2.05) is 0 Å². The van der Waals surface area contributed by atoms with Gasteiger partial charge in [-0.1, -0.05) is 82.9 Å². The fraction of sp³-hybridized carbons (Fsp3) is 0.714. The molecule has 182 valence electrons. The van der Waals surface area contributed by atoms with Gasteiger partial charge < -0.3 is 10.2 Å². The molecular weight excluding hydrogens is 400 g/mol. The van der Waals surface area contributed by atoms with Gasteiger partial charge in [0.25, 0.3) is 0 Å². The lowest BCUT2D eigenvalue weighted by molar-refractivity contribution is -0.138. The van der Waals surface area contributed by atoms with Crippen LogP contribution >= 0.6 is 0 Å². The van der Waals surface area contributed by atoms with Gasteiger partial charge in [-0.2, -0.15) is 0 Å². The van der Waals surface area contributed by atoms with Crippen LogP contribution < -0.4 is 0 Å². The van der Waals surface area contributed by atoms with Crippen molar-refractivity contribution in [1.29, 1.82) is 0 Å². The van der Waals surface area contributed by atoms with Gasteiger partial charge in [-0.3, -0.25) is 9.59 Å². The third-order valence-electron chi connectivity index (χ3n) is 6.32. The summed E-state index contributed by atoms with van der Waals surface area (Å²) in [6, 6.07) is 6.80. The minimum Gasteiger partial charge on any atom is -0.481 e. The van der Waals surface area contributed by atoms with E-state index in [2.05, 4.69) is 25.1 Å². The van der Waals surface area contributed by atoms with Crippen molar-refractivity contribution in [2.24, 2.45) is 0 Å². The Labute approximate surface area is 195 Å². The maximum atomic E-state index is 10.7. The molecule has 32 heavy (non-hydrogen) atoms. The van der Waals surface area contributed by atoms with Gasteiger partial charge in [-0.25, -0.2) is 0 Å². The molecule has 0 heterocycles. The van der Waals surface area contributed by atoms with Gasteiger partial charge >= 0.3 is 11.9 Å². The molecular formula is C28H46O4. The van der Waals surface area contributed by atoms with Crippen LogP contribution in [0.15, 0.2) is 18.2 Å². The number of carbonyl (C=O) groups is 2. The van der Waals surface area contributed by atoms with Crippen LogP contribution in [0.5, 0.6) is 0 Å². The van der Waals surface area contributed by atoms with E-state index in [-0.39, 0.29) is 12.8 Å². The average Bonchev–Trinajstić information content (AvgIpc) is 2.76. The molecule has 0 saturated heterocycles. The highest BCUT2D eigenvalue weighted by Crippen LogP contribution is 2.23. The van der Waals surface area contributed by atoms with Gasteiger partial charge in [-0.05, 0) is 68.1 Å². The summed E-state index contributed by atoms with van der Waals surface area (Å²) in [5, 5.41) is 17.6. The number of aliphatic carboxylic acids is 2. The van der Waals surface area contributed by atoms with Crippen molar-refractivity contribution in [3.8, 4) is 0 Å². The van der Waals surface area contributed by atoms with Crippen LogP contribution in [0, 0.1) is 0 Å². The molecule has 0 aliphatic heterocycles. The van der Waals surface area contributed by atoms with Crippen molar-refractivity contribution in [2.45, 2.75) is 129 Å². The molecule has 0 aromatic heterocycles. The van der Waals surface area contributed by atoms with Crippen molar-refractivity contribution < 1.29 is 19.8 Å². The van der Waals surface area contributed by atoms with Gasteiger partial charge in [-0.15, -0.1) is 0 Å². The number of carboxylic acid groups (broad SMARTS) is 2. The SMILES string of the molecule is CCCCCCCCc1cccc(CCCCCCC(=O)O)c1CCCCCCC(=O)O. The molecule has 0 aliphatic carbocycles. The molecule has 0 aliphatic rings. The van der Waals surface area contributed by atoms with Crippen LogP contribution in [-0.4, -0.2) is 22.2 Å². The first-order valence-electron chi connectivity index (χ1n) is 13.1. The van der Waals surface area contributed by atoms with Crippen LogP contribution in [0.2, 0.25) is 0 Å². The minimum atomic E-state index is -0.696. The molecule has 0 saturated carbocycles. The number of rotatable bonds is 21. The monoisotopic (exact) mass is 446 g/mol. The number of hydrogen-bond acceptors (Lipinski definition) is 2. The third kappa shape index (κ3) is 14.3. The third-order valence-corrected chi connectivity index (χ3v) is 6.32. The number of benzene rings is 1. The lowest BCUT2D eigenvalue weighted by atomic mass is 9.90. The van der Waals surface area contributed by atoms with Gasteiger partial charge in [0.15, 0.2) is 0 Å². The summed E-state index contributed by atoms with van der Waals surface area (Å²) in [5.74, 6) is -1.39. The Hall–Kier alpha value is -1.84. The second-order valence-corrected chi connectivity index (χ2v) is 9.19. The fourth-order valence-corrected chi connectivity index (χ4v) is 4.45. The highest BCUT2D eigenvalue weighted by Gasteiger charge is 2.09. The van der Waals surface area contributed by atoms with E-state index in [1.54, 1.807) is 0 Å². The lowest BCUT2D eigenvalue weighted by Crippen LogP contribution is -2.02. The molecule has 0 radical (unpaired) electrons. The normalized spacial score (nSPS) is 11.0.